The van der Waals surface area contributed by atoms with Crippen LogP contribution < -0.4 is 14.2 Å². The van der Waals surface area contributed by atoms with Gasteiger partial charge in [-0.05, 0) is 108 Å². The maximum absolute atomic E-state index is 14.3. The van der Waals surface area contributed by atoms with E-state index in [1.807, 2.05) is 0 Å². The topological polar surface area (TPSA) is 119 Å². The van der Waals surface area contributed by atoms with Crippen LogP contribution in [0.25, 0.3) is 99.9 Å². The molecule has 6 heterocycles. The van der Waals surface area contributed by atoms with Crippen molar-refractivity contribution >= 4 is 67.5 Å². The quantitative estimate of drug-likeness (QED) is 0.0929. The van der Waals surface area contributed by atoms with E-state index in [2.05, 4.69) is 15.0 Å². The molecule has 0 bridgehead atoms. The van der Waals surface area contributed by atoms with Gasteiger partial charge in [0.05, 0.1) is 31.8 Å². The van der Waals surface area contributed by atoms with Crippen LogP contribution >= 0.6 is 34.8 Å². The van der Waals surface area contributed by atoms with Gasteiger partial charge in [0.25, 0.3) is 17.1 Å². The molecule has 0 fully saturated rings. The van der Waals surface area contributed by atoms with Crippen molar-refractivity contribution in [1.82, 2.24) is 15.0 Å². The minimum absolute atomic E-state index is 0.0324. The van der Waals surface area contributed by atoms with Gasteiger partial charge in [0.1, 0.15) is 57.3 Å². The van der Waals surface area contributed by atoms with E-state index >= 15 is 0 Å². The number of aromatic nitrogens is 6. The second-order valence-corrected chi connectivity index (χ2v) is 18.5. The van der Waals surface area contributed by atoms with Gasteiger partial charge < -0.3 is 15.6 Å². The van der Waals surface area contributed by atoms with Gasteiger partial charge in [0, 0.05) is 87.8 Å². The molecule has 0 aliphatic heterocycles. The Labute approximate surface area is 458 Å². The molecule has 0 amide bonds. The summed E-state index contributed by atoms with van der Waals surface area (Å²) >= 11 is 18.8. The standard InChI is InChI=1S/C20H10Cl2F2N2O.C20H11ClF2N2O.C20H11F3N2O/c21-15-2-1-3-16(22)18(15)20-19-14(7-9-26(20)27)12(6-8-25-19)13-5-4-11(23)10-17(13)24;21-17-4-2-1-3-16(17)20-19-15(8-10-25(20)26)13(7-9-24-19)14-6-5-12(22)11-18(14)23;21-12-5-6-14(18(23)11-12)13-7-9-24-19-15(13)8-10-25(26)20(19)16-3-1-2-4-17(16)22/h1-10H;2*1-11H. The van der Waals surface area contributed by atoms with Crippen LogP contribution in [0.1, 0.15) is 0 Å². The lowest BCUT2D eigenvalue weighted by Crippen LogP contribution is -2.29. The van der Waals surface area contributed by atoms with Crippen LogP contribution in [-0.2, 0) is 0 Å². The van der Waals surface area contributed by atoms with Crippen molar-refractivity contribution in [3.8, 4) is 67.2 Å². The number of hydrogen-bond donors (Lipinski definition) is 0. The van der Waals surface area contributed by atoms with E-state index in [0.29, 0.717) is 84.3 Å². The third-order valence-corrected chi connectivity index (χ3v) is 13.5. The zero-order chi connectivity index (χ0) is 55.6. The fourth-order valence-corrected chi connectivity index (χ4v) is 9.84. The highest BCUT2D eigenvalue weighted by Gasteiger charge is 2.26. The highest BCUT2D eigenvalue weighted by Crippen LogP contribution is 2.40. The smallest absolute Gasteiger partial charge is 0.253 e. The first-order valence-electron chi connectivity index (χ1n) is 23.4. The van der Waals surface area contributed by atoms with E-state index < -0.39 is 40.7 Å². The Morgan fingerprint density at radius 2 is 0.671 bits per heavy atom. The molecule has 0 atom stereocenters. The summed E-state index contributed by atoms with van der Waals surface area (Å²) in [7, 11) is 0. The molecule has 0 radical (unpaired) electrons. The van der Waals surface area contributed by atoms with Crippen molar-refractivity contribution < 1.29 is 44.9 Å². The normalized spacial score (nSPS) is 11.1. The maximum Gasteiger partial charge on any atom is 0.253 e. The molecular formula is C60H32Cl3F7N6O3. The van der Waals surface area contributed by atoms with E-state index in [-0.39, 0.29) is 44.9 Å². The van der Waals surface area contributed by atoms with E-state index in [4.69, 9.17) is 34.8 Å². The molecule has 390 valence electrons. The average Bonchev–Trinajstić information content (AvgIpc) is 3.51. The molecule has 0 spiro atoms. The zero-order valence-corrected chi connectivity index (χ0v) is 42.4. The molecule has 0 unspecified atom stereocenters. The Kier molecular flexibility index (Phi) is 15.1. The van der Waals surface area contributed by atoms with Gasteiger partial charge in [0.2, 0.25) is 0 Å². The predicted octanol–water partition coefficient (Wildman–Crippen LogP) is 15.5. The second kappa shape index (κ2) is 22.4. The molecule has 0 N–H and O–H groups in total. The van der Waals surface area contributed by atoms with Gasteiger partial charge in [-0.2, -0.15) is 14.2 Å². The molecule has 0 aliphatic rings. The second-order valence-electron chi connectivity index (χ2n) is 17.3. The summed E-state index contributed by atoms with van der Waals surface area (Å²) in [5.41, 5.74) is 4.37. The lowest BCUT2D eigenvalue weighted by Gasteiger charge is -2.12. The summed E-state index contributed by atoms with van der Waals surface area (Å²) in [4.78, 5) is 12.8. The number of hydrogen-bond acceptors (Lipinski definition) is 6. The number of pyridine rings is 6. The molecule has 12 rings (SSSR count). The van der Waals surface area contributed by atoms with Crippen molar-refractivity contribution in [3.63, 3.8) is 0 Å². The van der Waals surface area contributed by atoms with Crippen LogP contribution in [0, 0.1) is 56.3 Å². The molecule has 0 saturated carbocycles. The molecule has 19 heteroatoms. The van der Waals surface area contributed by atoms with Crippen LogP contribution in [-0.4, -0.2) is 15.0 Å². The Morgan fingerprint density at radius 1 is 0.316 bits per heavy atom. The first kappa shape index (κ1) is 53.2. The first-order valence-corrected chi connectivity index (χ1v) is 24.6. The molecule has 6 aromatic heterocycles. The molecule has 12 aromatic rings. The largest absolute Gasteiger partial charge is 0.618 e. The molecule has 79 heavy (non-hydrogen) atoms. The van der Waals surface area contributed by atoms with Gasteiger partial charge in [-0.15, -0.1) is 0 Å². The van der Waals surface area contributed by atoms with Crippen LogP contribution in [0.5, 0.6) is 0 Å². The summed E-state index contributed by atoms with van der Waals surface area (Å²) in [5.74, 6) is -4.70. The number of benzene rings is 6. The van der Waals surface area contributed by atoms with E-state index in [9.17, 15) is 46.4 Å². The minimum atomic E-state index is -0.733. The molecule has 6 aromatic carbocycles. The summed E-state index contributed by atoms with van der Waals surface area (Å²) in [6, 6.07) is 37.0. The predicted molar refractivity (Wildman–Crippen MR) is 289 cm³/mol. The van der Waals surface area contributed by atoms with Crippen molar-refractivity contribution in [2.75, 3.05) is 0 Å². The Bertz CT molecular complexity index is 4170. The van der Waals surface area contributed by atoms with Gasteiger partial charge in [-0.1, -0.05) is 65.1 Å². The summed E-state index contributed by atoms with van der Waals surface area (Å²) in [6.07, 6.45) is 8.18. The van der Waals surface area contributed by atoms with Crippen LogP contribution in [0.15, 0.2) is 195 Å². The molecule has 0 aliphatic carbocycles. The Morgan fingerprint density at radius 3 is 1.08 bits per heavy atom. The maximum atomic E-state index is 14.3. The SMILES string of the molecule is [O-][n+]1ccc2c(-c3ccc(F)cc3F)ccnc2c1-c1c(Cl)cccc1Cl.[O-][n+]1ccc2c(-c3ccc(F)cc3F)ccnc2c1-c1ccccc1Cl.[O-][n+]1ccc2c(-c3ccc(F)cc3F)ccnc2c1-c1ccccc1F. The Balaban J connectivity index is 0.000000134. The van der Waals surface area contributed by atoms with Crippen LogP contribution in [0.2, 0.25) is 15.1 Å². The van der Waals surface area contributed by atoms with E-state index in [1.165, 1.54) is 97.8 Å². The molecule has 9 nitrogen and oxygen atoms in total. The van der Waals surface area contributed by atoms with Gasteiger partial charge >= 0.3 is 0 Å². The highest BCUT2D eigenvalue weighted by atomic mass is 35.5. The average molecular weight is 1120 g/mol. The monoisotopic (exact) mass is 1120 g/mol. The summed E-state index contributed by atoms with van der Waals surface area (Å²) in [5, 5.41) is 39.8. The number of rotatable bonds is 6. The fourth-order valence-electron chi connectivity index (χ4n) is 9.04. The van der Waals surface area contributed by atoms with Crippen molar-refractivity contribution in [2.24, 2.45) is 0 Å². The lowest BCUT2D eigenvalue weighted by molar-refractivity contribution is -0.592. The number of fused-ring (bicyclic) bond motifs is 3. The lowest BCUT2D eigenvalue weighted by atomic mass is 9.99. The van der Waals surface area contributed by atoms with Crippen LogP contribution in [0.3, 0.4) is 0 Å². The fraction of sp³-hybridized carbons (Fsp3) is 0. The first-order chi connectivity index (χ1) is 38.1. The van der Waals surface area contributed by atoms with Crippen molar-refractivity contribution in [3.05, 3.63) is 266 Å². The van der Waals surface area contributed by atoms with Gasteiger partial charge in [0.15, 0.2) is 18.6 Å². The van der Waals surface area contributed by atoms with Gasteiger partial charge in [-0.3, -0.25) is 0 Å². The summed E-state index contributed by atoms with van der Waals surface area (Å²) in [6.45, 7) is 0. The van der Waals surface area contributed by atoms with E-state index in [0.717, 1.165) is 24.3 Å². The molecule has 0 saturated heterocycles. The Hall–Kier alpha value is -9.22. The van der Waals surface area contributed by atoms with Crippen molar-refractivity contribution in [2.45, 2.75) is 0 Å². The van der Waals surface area contributed by atoms with Crippen LogP contribution in [0.4, 0.5) is 30.7 Å². The third kappa shape index (κ3) is 10.5. The summed E-state index contributed by atoms with van der Waals surface area (Å²) < 4.78 is 98.7. The zero-order valence-electron chi connectivity index (χ0n) is 40.2. The highest BCUT2D eigenvalue weighted by molar-refractivity contribution is 6.39. The van der Waals surface area contributed by atoms with Gasteiger partial charge in [-0.25, -0.2) is 45.7 Å². The van der Waals surface area contributed by atoms with Crippen molar-refractivity contribution in [1.29, 1.82) is 0 Å². The molecular weight excluding hydrogens is 1090 g/mol. The third-order valence-electron chi connectivity index (χ3n) is 12.6. The van der Waals surface area contributed by atoms with E-state index in [1.54, 1.807) is 72.8 Å². The number of halogens is 10. The minimum Gasteiger partial charge on any atom is -0.618 e. The number of nitrogens with zero attached hydrogens (tertiary/aromatic N) is 6.